The van der Waals surface area contributed by atoms with Crippen molar-refractivity contribution < 1.29 is 19.1 Å². The van der Waals surface area contributed by atoms with Gasteiger partial charge in [-0.1, -0.05) is 6.08 Å². The van der Waals surface area contributed by atoms with Crippen LogP contribution in [0, 0.1) is 5.92 Å². The van der Waals surface area contributed by atoms with Crippen molar-refractivity contribution in [2.75, 3.05) is 19.7 Å². The zero-order valence-corrected chi connectivity index (χ0v) is 13.6. The Labute approximate surface area is 127 Å². The molecule has 0 saturated carbocycles. The molecule has 5 heteroatoms. The van der Waals surface area contributed by atoms with Crippen molar-refractivity contribution in [2.24, 2.45) is 5.92 Å². The summed E-state index contributed by atoms with van der Waals surface area (Å²) in [4.78, 5) is 24.9. The van der Waals surface area contributed by atoms with Crippen molar-refractivity contribution >= 4 is 12.1 Å². The highest BCUT2D eigenvalue weighted by Crippen LogP contribution is 2.22. The number of hydrogen-bond donors (Lipinski definition) is 0. The number of hydrogen-bond acceptors (Lipinski definition) is 4. The summed E-state index contributed by atoms with van der Waals surface area (Å²) in [6.07, 6.45) is 5.85. The van der Waals surface area contributed by atoms with Crippen molar-refractivity contribution in [1.82, 2.24) is 4.90 Å². The van der Waals surface area contributed by atoms with Gasteiger partial charge < -0.3 is 14.4 Å². The summed E-state index contributed by atoms with van der Waals surface area (Å²) >= 11 is 0. The largest absolute Gasteiger partial charge is 0.463 e. The normalized spacial score (nSPS) is 17.0. The Kier molecular flexibility index (Phi) is 6.72. The highest BCUT2D eigenvalue weighted by atomic mass is 16.6. The minimum atomic E-state index is -0.448. The van der Waals surface area contributed by atoms with Crippen LogP contribution in [0.4, 0.5) is 4.79 Å². The summed E-state index contributed by atoms with van der Waals surface area (Å²) in [5.74, 6) is 0.220. The molecule has 1 aliphatic rings. The second-order valence-electron chi connectivity index (χ2n) is 6.30. The molecule has 1 heterocycles. The number of amides is 1. The third-order valence-corrected chi connectivity index (χ3v) is 3.28. The van der Waals surface area contributed by atoms with Gasteiger partial charge in [-0.25, -0.2) is 9.59 Å². The Balaban J connectivity index is 2.29. The minimum absolute atomic E-state index is 0.233. The van der Waals surface area contributed by atoms with Gasteiger partial charge in [0.1, 0.15) is 5.60 Å². The van der Waals surface area contributed by atoms with Gasteiger partial charge in [-0.2, -0.15) is 0 Å². The van der Waals surface area contributed by atoms with Gasteiger partial charge in [0, 0.05) is 19.2 Å². The highest BCUT2D eigenvalue weighted by molar-refractivity contribution is 5.81. The predicted molar refractivity (Wildman–Crippen MR) is 80.9 cm³/mol. The zero-order valence-electron chi connectivity index (χ0n) is 13.6. The number of rotatable bonds is 4. The van der Waals surface area contributed by atoms with Gasteiger partial charge in [0.15, 0.2) is 0 Å². The Morgan fingerprint density at radius 3 is 2.38 bits per heavy atom. The van der Waals surface area contributed by atoms with Crippen molar-refractivity contribution in [3.05, 3.63) is 12.2 Å². The van der Waals surface area contributed by atoms with Crippen LogP contribution < -0.4 is 0 Å². The fourth-order valence-corrected chi connectivity index (χ4v) is 2.22. The minimum Gasteiger partial charge on any atom is -0.463 e. The second kappa shape index (κ2) is 8.05. The molecular weight excluding hydrogens is 270 g/mol. The molecule has 0 aliphatic carbocycles. The summed E-state index contributed by atoms with van der Waals surface area (Å²) in [5.41, 5.74) is -0.448. The van der Waals surface area contributed by atoms with Crippen LogP contribution in [0.1, 0.15) is 47.0 Å². The van der Waals surface area contributed by atoms with Crippen LogP contribution in [0.25, 0.3) is 0 Å². The van der Waals surface area contributed by atoms with E-state index in [1.165, 1.54) is 6.08 Å². The molecule has 0 radical (unpaired) electrons. The summed E-state index contributed by atoms with van der Waals surface area (Å²) in [6, 6.07) is 0. The first-order chi connectivity index (χ1) is 9.81. The second-order valence-corrected chi connectivity index (χ2v) is 6.30. The maximum atomic E-state index is 11.9. The maximum Gasteiger partial charge on any atom is 0.410 e. The molecule has 0 aromatic heterocycles. The number of carbonyl (C=O) groups excluding carboxylic acids is 2. The smallest absolute Gasteiger partial charge is 0.410 e. The van der Waals surface area contributed by atoms with Gasteiger partial charge in [-0.15, -0.1) is 0 Å². The molecule has 0 bridgehead atoms. The molecule has 5 nitrogen and oxygen atoms in total. The van der Waals surface area contributed by atoms with Crippen molar-refractivity contribution in [3.63, 3.8) is 0 Å². The average Bonchev–Trinajstić information content (AvgIpc) is 2.38. The number of likely N-dealkylation sites (tertiary alicyclic amines) is 1. The fraction of sp³-hybridized carbons (Fsp3) is 0.750. The molecule has 1 amide bonds. The number of carbonyl (C=O) groups is 2. The molecule has 21 heavy (non-hydrogen) atoms. The zero-order chi connectivity index (χ0) is 15.9. The first kappa shape index (κ1) is 17.5. The van der Waals surface area contributed by atoms with Gasteiger partial charge in [-0.3, -0.25) is 0 Å². The van der Waals surface area contributed by atoms with Gasteiger partial charge >= 0.3 is 12.1 Å². The summed E-state index contributed by atoms with van der Waals surface area (Å²) < 4.78 is 10.2. The van der Waals surface area contributed by atoms with E-state index in [-0.39, 0.29) is 12.1 Å². The van der Waals surface area contributed by atoms with Crippen molar-refractivity contribution in [1.29, 1.82) is 0 Å². The monoisotopic (exact) mass is 297 g/mol. The lowest BCUT2D eigenvalue weighted by Gasteiger charge is -2.33. The predicted octanol–water partition coefficient (Wildman–Crippen LogP) is 3.14. The first-order valence-corrected chi connectivity index (χ1v) is 7.63. The molecule has 0 unspecified atom stereocenters. The fourth-order valence-electron chi connectivity index (χ4n) is 2.22. The molecular formula is C16H27NO4. The Morgan fingerprint density at radius 1 is 1.24 bits per heavy atom. The van der Waals surface area contributed by atoms with Gasteiger partial charge in [0.05, 0.1) is 6.61 Å². The summed E-state index contributed by atoms with van der Waals surface area (Å²) in [5, 5.41) is 0. The lowest BCUT2D eigenvalue weighted by molar-refractivity contribution is -0.137. The number of esters is 1. The van der Waals surface area contributed by atoms with Crippen molar-refractivity contribution in [3.8, 4) is 0 Å². The number of piperidine rings is 1. The molecule has 1 rings (SSSR count). The lowest BCUT2D eigenvalue weighted by Crippen LogP contribution is -2.41. The highest BCUT2D eigenvalue weighted by Gasteiger charge is 2.26. The molecule has 1 fully saturated rings. The molecule has 0 N–H and O–H groups in total. The standard InChI is InChI=1S/C16H27NO4/c1-5-20-14(18)8-6-7-13-9-11-17(12-10-13)15(19)21-16(2,3)4/h6,8,13H,5,7,9-12H2,1-4H3/b8-6-. The van der Waals surface area contributed by atoms with Crippen LogP contribution in [0.15, 0.2) is 12.2 Å². The van der Waals surface area contributed by atoms with E-state index in [9.17, 15) is 9.59 Å². The molecule has 0 aromatic carbocycles. The quantitative estimate of drug-likeness (QED) is 0.591. The Hall–Kier alpha value is -1.52. The van der Waals surface area contributed by atoms with Crippen LogP contribution in [0.5, 0.6) is 0 Å². The number of ether oxygens (including phenoxy) is 2. The third-order valence-electron chi connectivity index (χ3n) is 3.28. The SMILES string of the molecule is CCOC(=O)/C=C\CC1CCN(C(=O)OC(C)(C)C)CC1. The van der Waals surface area contributed by atoms with E-state index in [2.05, 4.69) is 0 Å². The van der Waals surface area contributed by atoms with Gasteiger partial charge in [-0.05, 0) is 52.9 Å². The third kappa shape index (κ3) is 7.16. The van der Waals surface area contributed by atoms with Crippen LogP contribution >= 0.6 is 0 Å². The van der Waals surface area contributed by atoms with Crippen molar-refractivity contribution in [2.45, 2.75) is 52.6 Å². The summed E-state index contributed by atoms with van der Waals surface area (Å²) in [6.45, 7) is 9.24. The van der Waals surface area contributed by atoms with Gasteiger partial charge in [0.25, 0.3) is 0 Å². The topological polar surface area (TPSA) is 55.8 Å². The van der Waals surface area contributed by atoms with E-state index in [1.807, 2.05) is 26.8 Å². The molecule has 1 aliphatic heterocycles. The molecule has 0 spiro atoms. The molecule has 0 aromatic rings. The van der Waals surface area contributed by atoms with E-state index in [1.54, 1.807) is 11.8 Å². The van der Waals surface area contributed by atoms with E-state index >= 15 is 0 Å². The van der Waals surface area contributed by atoms with Crippen LogP contribution in [0.2, 0.25) is 0 Å². The number of nitrogens with zero attached hydrogens (tertiary/aromatic N) is 1. The molecule has 0 atom stereocenters. The molecule has 1 saturated heterocycles. The van der Waals surface area contributed by atoms with Gasteiger partial charge in [0.2, 0.25) is 0 Å². The van der Waals surface area contributed by atoms with Crippen LogP contribution in [0.3, 0.4) is 0 Å². The first-order valence-electron chi connectivity index (χ1n) is 7.63. The summed E-state index contributed by atoms with van der Waals surface area (Å²) in [7, 11) is 0. The molecule has 120 valence electrons. The lowest BCUT2D eigenvalue weighted by atomic mass is 9.93. The van der Waals surface area contributed by atoms with E-state index in [4.69, 9.17) is 9.47 Å². The van der Waals surface area contributed by atoms with E-state index in [0.29, 0.717) is 25.6 Å². The Bertz CT molecular complexity index is 376. The Morgan fingerprint density at radius 2 is 1.86 bits per heavy atom. The van der Waals surface area contributed by atoms with Crippen LogP contribution in [-0.4, -0.2) is 42.3 Å². The van der Waals surface area contributed by atoms with E-state index < -0.39 is 5.60 Å². The van der Waals surface area contributed by atoms with E-state index in [0.717, 1.165) is 19.3 Å². The maximum absolute atomic E-state index is 11.9. The number of allylic oxidation sites excluding steroid dienone is 1. The van der Waals surface area contributed by atoms with Crippen LogP contribution in [-0.2, 0) is 14.3 Å². The average molecular weight is 297 g/mol.